The summed E-state index contributed by atoms with van der Waals surface area (Å²) < 4.78 is 5.60. The quantitative estimate of drug-likeness (QED) is 0.875. The molecule has 0 unspecified atom stereocenters. The van der Waals surface area contributed by atoms with Gasteiger partial charge in [-0.15, -0.1) is 11.8 Å². The van der Waals surface area contributed by atoms with Gasteiger partial charge in [0.05, 0.1) is 24.8 Å². The van der Waals surface area contributed by atoms with Crippen molar-refractivity contribution in [2.75, 3.05) is 25.0 Å². The van der Waals surface area contributed by atoms with Crippen LogP contribution in [-0.2, 0) is 9.53 Å². The highest BCUT2D eigenvalue weighted by molar-refractivity contribution is 8.00. The van der Waals surface area contributed by atoms with E-state index in [1.807, 2.05) is 30.0 Å². The van der Waals surface area contributed by atoms with Gasteiger partial charge in [-0.3, -0.25) is 4.79 Å². The molecule has 2 aliphatic rings. The highest BCUT2D eigenvalue weighted by atomic mass is 32.2. The molecular weight excluding hydrogens is 296 g/mol. The SMILES string of the molecule is O=C(C[C@H]1CNCCO1)Nc1ccccc1SC1CCCC1. The fourth-order valence-electron chi connectivity index (χ4n) is 3.02. The monoisotopic (exact) mass is 320 g/mol. The Bertz CT molecular complexity index is 497. The normalized spacial score (nSPS) is 22.6. The lowest BCUT2D eigenvalue weighted by molar-refractivity contribution is -0.119. The number of anilines is 1. The number of ether oxygens (including phenoxy) is 1. The van der Waals surface area contributed by atoms with Gasteiger partial charge in [0.15, 0.2) is 0 Å². The first kappa shape index (κ1) is 15.8. The van der Waals surface area contributed by atoms with Gasteiger partial charge >= 0.3 is 0 Å². The van der Waals surface area contributed by atoms with Crippen LogP contribution in [-0.4, -0.2) is 37.0 Å². The van der Waals surface area contributed by atoms with Crippen LogP contribution in [0.15, 0.2) is 29.2 Å². The molecule has 1 atom stereocenters. The molecule has 120 valence electrons. The molecule has 4 nitrogen and oxygen atoms in total. The molecule has 0 bridgehead atoms. The van der Waals surface area contributed by atoms with E-state index in [0.29, 0.717) is 18.3 Å². The highest BCUT2D eigenvalue weighted by Gasteiger charge is 2.20. The Morgan fingerprint density at radius 3 is 2.91 bits per heavy atom. The van der Waals surface area contributed by atoms with E-state index in [-0.39, 0.29) is 12.0 Å². The lowest BCUT2D eigenvalue weighted by Gasteiger charge is -2.23. The fourth-order valence-corrected chi connectivity index (χ4v) is 4.35. The maximum atomic E-state index is 12.2. The van der Waals surface area contributed by atoms with Crippen molar-refractivity contribution < 1.29 is 9.53 Å². The number of amides is 1. The Morgan fingerprint density at radius 2 is 2.14 bits per heavy atom. The molecule has 1 aliphatic carbocycles. The Hall–Kier alpha value is -1.04. The van der Waals surface area contributed by atoms with E-state index in [4.69, 9.17) is 4.74 Å². The lowest BCUT2D eigenvalue weighted by atomic mass is 10.2. The minimum Gasteiger partial charge on any atom is -0.375 e. The van der Waals surface area contributed by atoms with E-state index in [2.05, 4.69) is 16.7 Å². The smallest absolute Gasteiger partial charge is 0.227 e. The Labute approximate surface area is 136 Å². The van der Waals surface area contributed by atoms with Crippen LogP contribution in [0.4, 0.5) is 5.69 Å². The maximum Gasteiger partial charge on any atom is 0.227 e. The second-order valence-electron chi connectivity index (χ2n) is 5.97. The number of rotatable bonds is 5. The average molecular weight is 320 g/mol. The molecule has 3 rings (SSSR count). The van der Waals surface area contributed by atoms with Crippen molar-refractivity contribution in [3.63, 3.8) is 0 Å². The summed E-state index contributed by atoms with van der Waals surface area (Å²) in [6, 6.07) is 8.13. The van der Waals surface area contributed by atoms with Crippen LogP contribution >= 0.6 is 11.8 Å². The van der Waals surface area contributed by atoms with E-state index >= 15 is 0 Å². The van der Waals surface area contributed by atoms with Gasteiger partial charge in [-0.2, -0.15) is 0 Å². The van der Waals surface area contributed by atoms with Crippen LogP contribution in [0.3, 0.4) is 0 Å². The van der Waals surface area contributed by atoms with Gasteiger partial charge < -0.3 is 15.4 Å². The van der Waals surface area contributed by atoms with E-state index in [1.165, 1.54) is 30.6 Å². The largest absolute Gasteiger partial charge is 0.375 e. The zero-order valence-corrected chi connectivity index (χ0v) is 13.7. The van der Waals surface area contributed by atoms with Gasteiger partial charge in [0.25, 0.3) is 0 Å². The van der Waals surface area contributed by atoms with Crippen molar-refractivity contribution in [2.24, 2.45) is 0 Å². The molecule has 1 aliphatic heterocycles. The van der Waals surface area contributed by atoms with E-state index in [1.54, 1.807) is 0 Å². The molecule has 5 heteroatoms. The first-order valence-corrected chi connectivity index (χ1v) is 9.07. The second-order valence-corrected chi connectivity index (χ2v) is 7.31. The van der Waals surface area contributed by atoms with Crippen molar-refractivity contribution in [3.05, 3.63) is 24.3 Å². The zero-order chi connectivity index (χ0) is 15.2. The van der Waals surface area contributed by atoms with Crippen molar-refractivity contribution in [3.8, 4) is 0 Å². The Kier molecular flexibility index (Phi) is 5.76. The van der Waals surface area contributed by atoms with Crippen LogP contribution in [0.2, 0.25) is 0 Å². The minimum absolute atomic E-state index is 0.0107. The Balaban J connectivity index is 1.57. The van der Waals surface area contributed by atoms with Gasteiger partial charge in [-0.1, -0.05) is 25.0 Å². The van der Waals surface area contributed by atoms with Crippen molar-refractivity contribution in [1.82, 2.24) is 5.32 Å². The van der Waals surface area contributed by atoms with Crippen LogP contribution in [0.25, 0.3) is 0 Å². The average Bonchev–Trinajstić information content (AvgIpc) is 3.03. The van der Waals surface area contributed by atoms with Gasteiger partial charge in [-0.25, -0.2) is 0 Å². The number of morpholine rings is 1. The number of nitrogens with one attached hydrogen (secondary N) is 2. The van der Waals surface area contributed by atoms with E-state index < -0.39 is 0 Å². The third-order valence-electron chi connectivity index (χ3n) is 4.17. The van der Waals surface area contributed by atoms with Gasteiger partial charge in [0.1, 0.15) is 0 Å². The maximum absolute atomic E-state index is 12.2. The molecule has 1 aromatic rings. The number of benzene rings is 1. The molecule has 22 heavy (non-hydrogen) atoms. The van der Waals surface area contributed by atoms with Crippen LogP contribution in [0.5, 0.6) is 0 Å². The summed E-state index contributed by atoms with van der Waals surface area (Å²) in [7, 11) is 0. The molecule has 1 amide bonds. The third kappa shape index (κ3) is 4.48. The fraction of sp³-hybridized carbons (Fsp3) is 0.588. The third-order valence-corrected chi connectivity index (χ3v) is 5.59. The van der Waals surface area contributed by atoms with Crippen molar-refractivity contribution in [2.45, 2.75) is 48.4 Å². The topological polar surface area (TPSA) is 50.4 Å². The number of carbonyl (C=O) groups excluding carboxylic acids is 1. The number of para-hydroxylation sites is 1. The molecule has 0 spiro atoms. The molecular formula is C17H24N2O2S. The molecule has 0 radical (unpaired) electrons. The summed E-state index contributed by atoms with van der Waals surface area (Å²) in [6.07, 6.45) is 5.64. The second kappa shape index (κ2) is 7.99. The molecule has 0 aromatic heterocycles. The number of hydrogen-bond acceptors (Lipinski definition) is 4. The number of thioether (sulfide) groups is 1. The molecule has 1 saturated heterocycles. The first-order chi connectivity index (χ1) is 10.8. The summed E-state index contributed by atoms with van der Waals surface area (Å²) >= 11 is 1.91. The molecule has 1 saturated carbocycles. The van der Waals surface area contributed by atoms with Crippen molar-refractivity contribution >= 4 is 23.4 Å². The predicted molar refractivity (Wildman–Crippen MR) is 90.4 cm³/mol. The molecule has 2 N–H and O–H groups in total. The van der Waals surface area contributed by atoms with Crippen LogP contribution in [0, 0.1) is 0 Å². The summed E-state index contributed by atoms with van der Waals surface area (Å²) in [5, 5.41) is 7.02. The molecule has 1 heterocycles. The minimum atomic E-state index is -0.0107. The molecule has 2 fully saturated rings. The van der Waals surface area contributed by atoms with Crippen LogP contribution in [0.1, 0.15) is 32.1 Å². The highest BCUT2D eigenvalue weighted by Crippen LogP contribution is 2.38. The van der Waals surface area contributed by atoms with E-state index in [9.17, 15) is 4.79 Å². The van der Waals surface area contributed by atoms with Gasteiger partial charge in [0, 0.05) is 23.2 Å². The lowest BCUT2D eigenvalue weighted by Crippen LogP contribution is -2.40. The standard InChI is InChI=1S/C17H24N2O2S/c20-17(11-13-12-18-9-10-21-13)19-15-7-3-4-8-16(15)22-14-5-1-2-6-14/h3-4,7-8,13-14,18H,1-2,5-6,9-12H2,(H,19,20)/t13-/m0/s1. The summed E-state index contributed by atoms with van der Waals surface area (Å²) in [4.78, 5) is 13.4. The van der Waals surface area contributed by atoms with Crippen LogP contribution < -0.4 is 10.6 Å². The van der Waals surface area contributed by atoms with Gasteiger partial charge in [0.2, 0.25) is 5.91 Å². The van der Waals surface area contributed by atoms with E-state index in [0.717, 1.165) is 18.8 Å². The summed E-state index contributed by atoms with van der Waals surface area (Å²) in [5.41, 5.74) is 0.938. The first-order valence-electron chi connectivity index (χ1n) is 8.19. The number of hydrogen-bond donors (Lipinski definition) is 2. The van der Waals surface area contributed by atoms with Gasteiger partial charge in [-0.05, 0) is 25.0 Å². The van der Waals surface area contributed by atoms with Crippen molar-refractivity contribution in [1.29, 1.82) is 0 Å². The molecule has 1 aromatic carbocycles. The summed E-state index contributed by atoms with van der Waals surface area (Å²) in [6.45, 7) is 2.32. The number of carbonyl (C=O) groups is 1. The summed E-state index contributed by atoms with van der Waals surface area (Å²) in [5.74, 6) is 0.0353. The Morgan fingerprint density at radius 1 is 1.32 bits per heavy atom. The predicted octanol–water partition coefficient (Wildman–Crippen LogP) is 3.04. The zero-order valence-electron chi connectivity index (χ0n) is 12.8.